The van der Waals surface area contributed by atoms with Gasteiger partial charge in [-0.1, -0.05) is 29.5 Å². The van der Waals surface area contributed by atoms with Crippen LogP contribution in [0.3, 0.4) is 0 Å². The van der Waals surface area contributed by atoms with Crippen molar-refractivity contribution < 1.29 is 18.4 Å². The smallest absolute Gasteiger partial charge is 0.288 e. The predicted molar refractivity (Wildman–Crippen MR) is 109 cm³/mol. The van der Waals surface area contributed by atoms with Crippen molar-refractivity contribution in [1.29, 1.82) is 0 Å². The lowest BCUT2D eigenvalue weighted by atomic mass is 10.2. The van der Waals surface area contributed by atoms with Crippen LogP contribution in [-0.4, -0.2) is 28.6 Å². The van der Waals surface area contributed by atoms with Crippen molar-refractivity contribution in [1.82, 2.24) is 0 Å². The highest BCUT2D eigenvalue weighted by Crippen LogP contribution is 2.26. The molecule has 0 aliphatic rings. The van der Waals surface area contributed by atoms with Crippen LogP contribution in [0.1, 0.15) is 12.5 Å². The molecule has 0 aliphatic heterocycles. The molecule has 0 saturated carbocycles. The maximum absolute atomic E-state index is 12.3. The van der Waals surface area contributed by atoms with Gasteiger partial charge in [-0.25, -0.2) is 0 Å². The standard InChI is InChI=1S/C19H20F2N2O2S2/c1-12-3-5-14(6-4-12)22-17(24)11-26-13(2)18(25)23-15-7-9-16(10-8-15)27-19(20)21/h3-10,13,19H,11H2,1-2H3,(H,22,24)(H,23,25). The summed E-state index contributed by atoms with van der Waals surface area (Å²) in [5.74, 6) is -2.77. The highest BCUT2D eigenvalue weighted by molar-refractivity contribution is 8.01. The zero-order chi connectivity index (χ0) is 19.8. The maximum Gasteiger partial charge on any atom is 0.288 e. The van der Waals surface area contributed by atoms with E-state index in [2.05, 4.69) is 10.6 Å². The Hall–Kier alpha value is -2.06. The van der Waals surface area contributed by atoms with Gasteiger partial charge in [0.05, 0.1) is 11.0 Å². The molecule has 0 aliphatic carbocycles. The maximum atomic E-state index is 12.3. The zero-order valence-electron chi connectivity index (χ0n) is 14.9. The topological polar surface area (TPSA) is 58.2 Å². The number of halogens is 2. The molecule has 2 N–H and O–H groups in total. The first kappa shape index (κ1) is 21.2. The van der Waals surface area contributed by atoms with Crippen LogP contribution in [-0.2, 0) is 9.59 Å². The van der Waals surface area contributed by atoms with Crippen molar-refractivity contribution >= 4 is 46.7 Å². The summed E-state index contributed by atoms with van der Waals surface area (Å²) in [4.78, 5) is 24.6. The van der Waals surface area contributed by atoms with Gasteiger partial charge >= 0.3 is 0 Å². The van der Waals surface area contributed by atoms with Gasteiger partial charge in [-0.3, -0.25) is 9.59 Å². The Bertz CT molecular complexity index is 768. The molecule has 2 aromatic carbocycles. The minimum Gasteiger partial charge on any atom is -0.325 e. The number of amides is 2. The Balaban J connectivity index is 1.77. The van der Waals surface area contributed by atoms with Crippen molar-refractivity contribution in [3.63, 3.8) is 0 Å². The summed E-state index contributed by atoms with van der Waals surface area (Å²) in [7, 11) is 0. The fraction of sp³-hybridized carbons (Fsp3) is 0.263. The molecular weight excluding hydrogens is 390 g/mol. The molecule has 1 atom stereocenters. The lowest BCUT2D eigenvalue weighted by Gasteiger charge is -2.12. The largest absolute Gasteiger partial charge is 0.325 e. The number of hydrogen-bond acceptors (Lipinski definition) is 4. The van der Waals surface area contributed by atoms with Crippen LogP contribution in [0.15, 0.2) is 53.4 Å². The molecular formula is C19H20F2N2O2S2. The van der Waals surface area contributed by atoms with E-state index in [1.807, 2.05) is 31.2 Å². The fourth-order valence-electron chi connectivity index (χ4n) is 2.07. The van der Waals surface area contributed by atoms with Gasteiger partial charge in [-0.2, -0.15) is 8.78 Å². The number of thioether (sulfide) groups is 2. The van der Waals surface area contributed by atoms with Gasteiger partial charge in [0.2, 0.25) is 11.8 Å². The number of nitrogens with one attached hydrogen (secondary N) is 2. The van der Waals surface area contributed by atoms with E-state index in [0.717, 1.165) is 5.56 Å². The van der Waals surface area contributed by atoms with Gasteiger partial charge in [0, 0.05) is 16.3 Å². The molecule has 0 aromatic heterocycles. The normalized spacial score (nSPS) is 11.9. The summed E-state index contributed by atoms with van der Waals surface area (Å²) in [6.07, 6.45) is 0. The minimum absolute atomic E-state index is 0.145. The third-order valence-corrected chi connectivity index (χ3v) is 5.38. The molecule has 0 heterocycles. The number of rotatable bonds is 8. The van der Waals surface area contributed by atoms with E-state index < -0.39 is 11.0 Å². The Morgan fingerprint density at radius 1 is 0.963 bits per heavy atom. The van der Waals surface area contributed by atoms with E-state index in [-0.39, 0.29) is 17.6 Å². The van der Waals surface area contributed by atoms with Gasteiger partial charge in [-0.05, 0) is 50.2 Å². The molecule has 1 unspecified atom stereocenters. The second-order valence-electron chi connectivity index (χ2n) is 5.76. The summed E-state index contributed by atoms with van der Waals surface area (Å²) >= 11 is 1.67. The summed E-state index contributed by atoms with van der Waals surface area (Å²) < 4.78 is 24.6. The molecule has 2 rings (SSSR count). The van der Waals surface area contributed by atoms with Gasteiger partial charge in [0.15, 0.2) is 0 Å². The number of alkyl halides is 2. The van der Waals surface area contributed by atoms with E-state index in [1.54, 1.807) is 19.1 Å². The van der Waals surface area contributed by atoms with Crippen LogP contribution >= 0.6 is 23.5 Å². The molecule has 0 saturated heterocycles. The molecule has 2 amide bonds. The van der Waals surface area contributed by atoms with Crippen molar-refractivity contribution in [3.8, 4) is 0 Å². The van der Waals surface area contributed by atoms with Gasteiger partial charge < -0.3 is 10.6 Å². The van der Waals surface area contributed by atoms with Crippen LogP contribution in [0, 0.1) is 6.92 Å². The van der Waals surface area contributed by atoms with Crippen molar-refractivity contribution in [2.24, 2.45) is 0 Å². The molecule has 0 bridgehead atoms. The first-order chi connectivity index (χ1) is 12.8. The molecule has 0 spiro atoms. The molecule has 0 radical (unpaired) electrons. The Morgan fingerprint density at radius 2 is 1.52 bits per heavy atom. The SMILES string of the molecule is Cc1ccc(NC(=O)CSC(C)C(=O)Nc2ccc(SC(F)F)cc2)cc1. The monoisotopic (exact) mass is 410 g/mol. The number of aryl methyl sites for hydroxylation is 1. The summed E-state index contributed by atoms with van der Waals surface area (Å²) in [6, 6.07) is 13.7. The van der Waals surface area contributed by atoms with Gasteiger partial charge in [0.25, 0.3) is 5.76 Å². The first-order valence-electron chi connectivity index (χ1n) is 8.17. The highest BCUT2D eigenvalue weighted by Gasteiger charge is 2.16. The average molecular weight is 411 g/mol. The Labute approximate surface area is 165 Å². The molecule has 4 nitrogen and oxygen atoms in total. The molecule has 2 aromatic rings. The number of hydrogen-bond donors (Lipinski definition) is 2. The van der Waals surface area contributed by atoms with Crippen LogP contribution in [0.4, 0.5) is 20.2 Å². The molecule has 144 valence electrons. The third kappa shape index (κ3) is 7.60. The Kier molecular flexibility index (Phi) is 8.12. The third-order valence-electron chi connectivity index (χ3n) is 3.52. The van der Waals surface area contributed by atoms with Crippen molar-refractivity contribution in [3.05, 3.63) is 54.1 Å². The molecule has 27 heavy (non-hydrogen) atoms. The lowest BCUT2D eigenvalue weighted by molar-refractivity contribution is -0.115. The number of benzene rings is 2. The second kappa shape index (κ2) is 10.3. The first-order valence-corrected chi connectivity index (χ1v) is 10.1. The van der Waals surface area contributed by atoms with Crippen LogP contribution in [0.25, 0.3) is 0 Å². The highest BCUT2D eigenvalue weighted by atomic mass is 32.2. The second-order valence-corrected chi connectivity index (χ2v) is 8.15. The van der Waals surface area contributed by atoms with E-state index >= 15 is 0 Å². The van der Waals surface area contributed by atoms with E-state index in [1.165, 1.54) is 23.9 Å². The Morgan fingerprint density at radius 3 is 2.11 bits per heavy atom. The minimum atomic E-state index is -2.48. The van der Waals surface area contributed by atoms with Crippen molar-refractivity contribution in [2.75, 3.05) is 16.4 Å². The van der Waals surface area contributed by atoms with Crippen LogP contribution in [0.5, 0.6) is 0 Å². The summed E-state index contributed by atoms with van der Waals surface area (Å²) in [6.45, 7) is 3.67. The molecule has 0 fully saturated rings. The number of anilines is 2. The number of carbonyl (C=O) groups is 2. The van der Waals surface area contributed by atoms with Crippen LogP contribution < -0.4 is 10.6 Å². The predicted octanol–water partition coefficient (Wildman–Crippen LogP) is 5.01. The molecule has 8 heteroatoms. The van der Waals surface area contributed by atoms with Crippen LogP contribution in [0.2, 0.25) is 0 Å². The fourth-order valence-corrected chi connectivity index (χ4v) is 3.26. The quantitative estimate of drug-likeness (QED) is 0.601. The van der Waals surface area contributed by atoms with Crippen molar-refractivity contribution in [2.45, 2.75) is 29.8 Å². The number of carbonyl (C=O) groups excluding carboxylic acids is 2. The zero-order valence-corrected chi connectivity index (χ0v) is 16.5. The average Bonchev–Trinajstić information content (AvgIpc) is 2.62. The van der Waals surface area contributed by atoms with E-state index in [4.69, 9.17) is 0 Å². The van der Waals surface area contributed by atoms with Gasteiger partial charge in [-0.15, -0.1) is 11.8 Å². The van der Waals surface area contributed by atoms with E-state index in [0.29, 0.717) is 28.0 Å². The van der Waals surface area contributed by atoms with E-state index in [9.17, 15) is 18.4 Å². The summed E-state index contributed by atoms with van der Waals surface area (Å²) in [5.41, 5.74) is 2.34. The lowest BCUT2D eigenvalue weighted by Crippen LogP contribution is -2.25. The summed E-state index contributed by atoms with van der Waals surface area (Å²) in [5, 5.41) is 5.05. The van der Waals surface area contributed by atoms with Gasteiger partial charge in [0.1, 0.15) is 0 Å².